The third-order valence-electron chi connectivity index (χ3n) is 18.4. The number of ether oxygens (including phenoxy) is 4. The minimum atomic E-state index is -4.04. The largest absolute Gasteiger partial charge is 0.462 e. The van der Waals surface area contributed by atoms with Gasteiger partial charge in [0.2, 0.25) is 0 Å². The molecule has 10 atom stereocenters. The molecule has 0 amide bonds. The van der Waals surface area contributed by atoms with Gasteiger partial charge >= 0.3 is 35.6 Å². The van der Waals surface area contributed by atoms with Crippen LogP contribution in [0.2, 0.25) is 0 Å². The van der Waals surface area contributed by atoms with E-state index in [2.05, 4.69) is 0 Å². The van der Waals surface area contributed by atoms with E-state index in [1.165, 1.54) is 25.7 Å². The minimum Gasteiger partial charge on any atom is -0.462 e. The Labute approximate surface area is 361 Å². The fourth-order valence-corrected chi connectivity index (χ4v) is 15.2. The second-order valence-corrected chi connectivity index (χ2v) is 22.4. The van der Waals surface area contributed by atoms with E-state index in [1.54, 1.807) is 0 Å². The summed E-state index contributed by atoms with van der Waals surface area (Å²) < 4.78 is 141. The molecule has 6 bridgehead atoms. The van der Waals surface area contributed by atoms with Gasteiger partial charge in [-0.1, -0.05) is 44.9 Å². The first-order valence-corrected chi connectivity index (χ1v) is 24.5. The van der Waals surface area contributed by atoms with Gasteiger partial charge in [0.1, 0.15) is 25.4 Å². The van der Waals surface area contributed by atoms with Gasteiger partial charge in [0.25, 0.3) is 0 Å². The summed E-state index contributed by atoms with van der Waals surface area (Å²) in [5.74, 6) is -16.1. The molecule has 8 saturated carbocycles. The van der Waals surface area contributed by atoms with Crippen molar-refractivity contribution >= 4 is 11.9 Å². The summed E-state index contributed by atoms with van der Waals surface area (Å²) in [5.41, 5.74) is -1.66. The summed E-state index contributed by atoms with van der Waals surface area (Å²) >= 11 is 0. The lowest BCUT2D eigenvalue weighted by Crippen LogP contribution is -2.47. The minimum absolute atomic E-state index is 0.00401. The van der Waals surface area contributed by atoms with Gasteiger partial charge in [0.15, 0.2) is 6.29 Å². The molecule has 9 rings (SSSR count). The molecule has 9 fully saturated rings. The molecule has 0 aromatic rings. The summed E-state index contributed by atoms with van der Waals surface area (Å²) in [7, 11) is 0. The molecule has 9 aliphatic rings. The summed E-state index contributed by atoms with van der Waals surface area (Å²) in [4.78, 5) is 28.7. The lowest BCUT2D eigenvalue weighted by molar-refractivity contribution is -0.210. The highest BCUT2D eigenvalue weighted by molar-refractivity contribution is 5.78. The molecule has 10 unspecified atom stereocenters. The van der Waals surface area contributed by atoms with E-state index in [0.717, 1.165) is 51.4 Å². The number of fused-ring (bicyclic) bond motifs is 6. The average Bonchev–Trinajstić information content (AvgIpc) is 3.54. The van der Waals surface area contributed by atoms with Crippen LogP contribution in [0.4, 0.5) is 35.1 Å². The Morgan fingerprint density at radius 2 is 0.790 bits per heavy atom. The first-order chi connectivity index (χ1) is 29.3. The van der Waals surface area contributed by atoms with E-state index < -0.39 is 78.7 Å². The van der Waals surface area contributed by atoms with Crippen molar-refractivity contribution in [1.29, 1.82) is 0 Å². The van der Waals surface area contributed by atoms with Crippen LogP contribution in [-0.2, 0) is 28.5 Å². The van der Waals surface area contributed by atoms with Gasteiger partial charge < -0.3 is 18.9 Å². The van der Waals surface area contributed by atoms with Crippen LogP contribution in [0.5, 0.6) is 0 Å². The number of rotatable bonds is 9. The average molecular weight is 893 g/mol. The number of esters is 2. The van der Waals surface area contributed by atoms with Crippen molar-refractivity contribution in [2.45, 2.75) is 209 Å². The fourth-order valence-electron chi connectivity index (χ4n) is 15.2. The molecule has 62 heavy (non-hydrogen) atoms. The van der Waals surface area contributed by atoms with Gasteiger partial charge in [-0.05, 0) is 144 Å². The van der Waals surface area contributed by atoms with Gasteiger partial charge in [-0.3, -0.25) is 9.59 Å². The first kappa shape index (κ1) is 45.5. The second-order valence-electron chi connectivity index (χ2n) is 22.4. The smallest absolute Gasteiger partial charge is 0.312 e. The standard InChI is InChI=1S/C48H68F8O6/c49-45(50)14-8-33(9-15-46(45,51)52)36-21-31-6-2-12-43(23-31,25-36)41(57)59-27-38-39(62-40(61-38)35-19-29-4-1-5-30(18-29)20-35)28-60-42(58)44-13-3-7-32(24-44)22-37(26-44)34-10-16-47(53,54)48(55,56)17-11-34/h29-40H,1-28H2. The molecule has 8 aliphatic carbocycles. The monoisotopic (exact) mass is 892 g/mol. The van der Waals surface area contributed by atoms with Crippen LogP contribution < -0.4 is 0 Å². The Balaban J connectivity index is 0.872. The molecule has 0 aromatic carbocycles. The predicted octanol–water partition coefficient (Wildman–Crippen LogP) is 12.5. The van der Waals surface area contributed by atoms with Crippen LogP contribution in [0.25, 0.3) is 0 Å². The topological polar surface area (TPSA) is 71.1 Å². The van der Waals surface area contributed by atoms with E-state index in [1.807, 2.05) is 0 Å². The zero-order chi connectivity index (χ0) is 43.7. The number of carbonyl (C=O) groups is 2. The number of alkyl halides is 8. The molecule has 1 aliphatic heterocycles. The molecule has 6 nitrogen and oxygen atoms in total. The zero-order valence-electron chi connectivity index (χ0n) is 36.2. The first-order valence-electron chi connectivity index (χ1n) is 24.5. The van der Waals surface area contributed by atoms with Crippen LogP contribution in [0.1, 0.15) is 167 Å². The highest BCUT2D eigenvalue weighted by Crippen LogP contribution is 2.58. The van der Waals surface area contributed by atoms with Gasteiger partial charge in [-0.25, -0.2) is 0 Å². The number of hydrogen-bond donors (Lipinski definition) is 0. The van der Waals surface area contributed by atoms with Gasteiger partial charge in [-0.2, -0.15) is 35.1 Å². The lowest BCUT2D eigenvalue weighted by atomic mass is 9.56. The molecular weight excluding hydrogens is 825 g/mol. The quantitative estimate of drug-likeness (QED) is 0.130. The maximum atomic E-state index is 14.4. The summed E-state index contributed by atoms with van der Waals surface area (Å²) in [5, 5.41) is 0. The number of hydrogen-bond acceptors (Lipinski definition) is 6. The van der Waals surface area contributed by atoms with Crippen molar-refractivity contribution < 1.29 is 63.7 Å². The van der Waals surface area contributed by atoms with E-state index in [9.17, 15) is 44.7 Å². The van der Waals surface area contributed by atoms with Crippen LogP contribution >= 0.6 is 0 Å². The fraction of sp³-hybridized carbons (Fsp3) is 0.958. The van der Waals surface area contributed by atoms with Gasteiger partial charge in [0.05, 0.1) is 10.8 Å². The SMILES string of the molecule is O=C(OCC1OC(C2CC3CCCC(C3)C2)OC1COC(=O)C12CCCC(CC(C3CCC(F)(F)C(F)(F)CC3)C1)C2)C12CCCC(CC(C3CCC(F)(F)C(F)(F)CC3)C1)C2. The van der Waals surface area contributed by atoms with Gasteiger partial charge in [-0.15, -0.1) is 0 Å². The second kappa shape index (κ2) is 17.2. The molecule has 0 radical (unpaired) electrons. The summed E-state index contributed by atoms with van der Waals surface area (Å²) in [6, 6.07) is 0. The molecule has 1 heterocycles. The van der Waals surface area contributed by atoms with Crippen molar-refractivity contribution in [2.24, 2.45) is 64.1 Å². The van der Waals surface area contributed by atoms with Crippen LogP contribution in [0.15, 0.2) is 0 Å². The zero-order valence-corrected chi connectivity index (χ0v) is 36.2. The van der Waals surface area contributed by atoms with E-state index in [4.69, 9.17) is 18.9 Å². The predicted molar refractivity (Wildman–Crippen MR) is 212 cm³/mol. The third-order valence-corrected chi connectivity index (χ3v) is 18.4. The molecule has 1 saturated heterocycles. The number of halogens is 8. The van der Waals surface area contributed by atoms with E-state index in [0.29, 0.717) is 50.4 Å². The molecular formula is C48H68F8O6. The van der Waals surface area contributed by atoms with Crippen molar-refractivity contribution in [2.75, 3.05) is 13.2 Å². The summed E-state index contributed by atoms with van der Waals surface area (Å²) in [6.45, 7) is -0.245. The molecule has 352 valence electrons. The Hall–Kier alpha value is -1.70. The normalized spacial score (nSPS) is 44.1. The Morgan fingerprint density at radius 1 is 0.419 bits per heavy atom. The molecule has 0 N–H and O–H groups in total. The summed E-state index contributed by atoms with van der Waals surface area (Å²) in [6.07, 6.45) is 9.50. The Morgan fingerprint density at radius 3 is 1.19 bits per heavy atom. The molecule has 0 spiro atoms. The number of carbonyl (C=O) groups excluding carboxylic acids is 2. The van der Waals surface area contributed by atoms with Crippen molar-refractivity contribution in [3.8, 4) is 0 Å². The Kier molecular flexibility index (Phi) is 12.6. The Bertz CT molecular complexity index is 1480. The molecule has 14 heteroatoms. The van der Waals surface area contributed by atoms with Crippen molar-refractivity contribution in [1.82, 2.24) is 0 Å². The van der Waals surface area contributed by atoms with E-state index >= 15 is 0 Å². The van der Waals surface area contributed by atoms with E-state index in [-0.39, 0.29) is 92.3 Å². The highest BCUT2D eigenvalue weighted by Gasteiger charge is 2.60. The van der Waals surface area contributed by atoms with Crippen molar-refractivity contribution in [3.05, 3.63) is 0 Å². The van der Waals surface area contributed by atoms with Crippen molar-refractivity contribution in [3.63, 3.8) is 0 Å². The lowest BCUT2D eigenvalue weighted by Gasteiger charge is -2.48. The van der Waals surface area contributed by atoms with Crippen LogP contribution in [0, 0.1) is 64.1 Å². The maximum Gasteiger partial charge on any atom is 0.312 e. The highest BCUT2D eigenvalue weighted by atomic mass is 19.3. The van der Waals surface area contributed by atoms with Gasteiger partial charge in [0, 0.05) is 31.6 Å². The van der Waals surface area contributed by atoms with Crippen LogP contribution in [-0.4, -0.2) is 67.3 Å². The molecule has 0 aromatic heterocycles. The third kappa shape index (κ3) is 8.94. The maximum absolute atomic E-state index is 14.4. The van der Waals surface area contributed by atoms with Crippen LogP contribution in [0.3, 0.4) is 0 Å².